The van der Waals surface area contributed by atoms with Gasteiger partial charge < -0.3 is 21.7 Å². The molecule has 2 rings (SSSR count). The van der Waals surface area contributed by atoms with E-state index in [1.165, 1.54) is 0 Å². The molecule has 0 saturated heterocycles. The Bertz CT molecular complexity index is 489. The Hall–Kier alpha value is -1.13. The summed E-state index contributed by atoms with van der Waals surface area (Å²) in [5.41, 5.74) is 2.58. The van der Waals surface area contributed by atoms with Crippen LogP contribution in [0.3, 0.4) is 0 Å². The van der Waals surface area contributed by atoms with Crippen molar-refractivity contribution in [2.45, 2.75) is 33.3 Å². The van der Waals surface area contributed by atoms with Crippen molar-refractivity contribution in [3.63, 3.8) is 0 Å². The van der Waals surface area contributed by atoms with E-state index in [9.17, 15) is 4.79 Å². The monoisotopic (exact) mass is 311 g/mol. The van der Waals surface area contributed by atoms with Gasteiger partial charge in [-0.05, 0) is 26.8 Å². The second-order valence-corrected chi connectivity index (χ2v) is 5.29. The Balaban J connectivity index is 0.00000162. The molecule has 1 unspecified atom stereocenters. The summed E-state index contributed by atoms with van der Waals surface area (Å²) >= 11 is 0. The maximum atomic E-state index is 12.1. The lowest BCUT2D eigenvalue weighted by molar-refractivity contribution is -0.705. The van der Waals surface area contributed by atoms with Gasteiger partial charge in [0, 0.05) is 24.6 Å². The fourth-order valence-corrected chi connectivity index (χ4v) is 1.97. The van der Waals surface area contributed by atoms with Crippen molar-refractivity contribution in [3.8, 4) is 0 Å². The van der Waals surface area contributed by atoms with Crippen LogP contribution >= 0.6 is 0 Å². The molecule has 1 aromatic carbocycles. The average molecular weight is 312 g/mol. The molecule has 0 radical (unpaired) electrons. The number of quaternary nitrogens is 1. The summed E-state index contributed by atoms with van der Waals surface area (Å²) in [6.45, 7) is 7.58. The number of amides is 1. The van der Waals surface area contributed by atoms with Crippen LogP contribution in [0, 0.1) is 0 Å². The first kappa shape index (κ1) is 14.9. The lowest BCUT2D eigenvalue weighted by Crippen LogP contribution is -3.07. The van der Waals surface area contributed by atoms with E-state index in [2.05, 4.69) is 0 Å². The number of ether oxygens (including phenoxy) is 1. The molecule has 98 valence electrons. The number of hydrogen-bond donors (Lipinski definition) is 1. The number of halogens is 1. The molecule has 0 bridgehead atoms. The van der Waals surface area contributed by atoms with Crippen LogP contribution in [0.2, 0.25) is 0 Å². The van der Waals surface area contributed by atoms with E-state index >= 15 is 0 Å². The minimum atomic E-state index is -0.456. The lowest BCUT2D eigenvalue weighted by atomic mass is 10.2. The molecule has 3 nitrogen and oxygen atoms in total. The van der Waals surface area contributed by atoms with Crippen molar-refractivity contribution >= 4 is 17.9 Å². The number of carbonyl (C=O) groups excluding carboxylic acids is 1. The summed E-state index contributed by atoms with van der Waals surface area (Å²) in [6, 6.07) is 7.88. The Labute approximate surface area is 118 Å². The van der Waals surface area contributed by atoms with Gasteiger partial charge in [0.05, 0.1) is 0 Å². The van der Waals surface area contributed by atoms with Gasteiger partial charge in [0.2, 0.25) is 0 Å². The number of alkyl carbamates (subject to hydrolysis) is 1. The minimum absolute atomic E-state index is 0. The molecule has 1 amide bonds. The van der Waals surface area contributed by atoms with Gasteiger partial charge in [0.1, 0.15) is 11.3 Å². The fourth-order valence-electron chi connectivity index (χ4n) is 1.97. The number of nitrogens with one attached hydrogen (secondary N) is 1. The van der Waals surface area contributed by atoms with Gasteiger partial charge in [-0.25, -0.2) is 0 Å². The number of benzene rings is 1. The highest BCUT2D eigenvalue weighted by Crippen LogP contribution is 2.20. The largest absolute Gasteiger partial charge is 1.00 e. The van der Waals surface area contributed by atoms with Crippen LogP contribution in [0.5, 0.6) is 0 Å². The van der Waals surface area contributed by atoms with E-state index in [0.29, 0.717) is 4.90 Å². The molecule has 1 heterocycles. The van der Waals surface area contributed by atoms with Gasteiger partial charge >= 0.3 is 6.09 Å². The Morgan fingerprint density at radius 3 is 2.44 bits per heavy atom. The predicted molar refractivity (Wildman–Crippen MR) is 66.9 cm³/mol. The van der Waals surface area contributed by atoms with Crippen LogP contribution in [-0.2, 0) is 4.74 Å². The molecule has 0 saturated carbocycles. The Morgan fingerprint density at radius 2 is 1.83 bits per heavy atom. The second-order valence-electron chi connectivity index (χ2n) is 5.29. The summed E-state index contributed by atoms with van der Waals surface area (Å²) in [7, 11) is 0. The number of hydrogen-bond acceptors (Lipinski definition) is 2. The third kappa shape index (κ3) is 3.00. The molecule has 0 aliphatic carbocycles. The van der Waals surface area contributed by atoms with E-state index in [0.717, 1.165) is 16.9 Å². The van der Waals surface area contributed by atoms with Crippen molar-refractivity contribution in [2.24, 2.45) is 0 Å². The molecular weight excluding hydrogens is 294 g/mol. The van der Waals surface area contributed by atoms with Crippen LogP contribution in [0.4, 0.5) is 10.5 Å². The number of para-hydroxylation sites is 1. The smallest absolute Gasteiger partial charge is 0.525 e. The minimum Gasteiger partial charge on any atom is -1.00 e. The molecular formula is C14H18BrNO2. The van der Waals surface area contributed by atoms with Crippen LogP contribution in [0.1, 0.15) is 33.3 Å². The molecule has 1 atom stereocenters. The Kier molecular flexibility index (Phi) is 4.35. The van der Waals surface area contributed by atoms with E-state index in [-0.39, 0.29) is 23.1 Å². The maximum Gasteiger partial charge on any atom is 0.525 e. The summed E-state index contributed by atoms with van der Waals surface area (Å²) < 4.78 is 5.43. The number of fused-ring (bicyclic) bond motifs is 1. The third-order valence-electron chi connectivity index (χ3n) is 2.60. The van der Waals surface area contributed by atoms with Gasteiger partial charge in [0.25, 0.3) is 0 Å². The molecule has 1 aliphatic rings. The molecule has 1 N–H and O–H groups in total. The summed E-state index contributed by atoms with van der Waals surface area (Å²) in [4.78, 5) is 12.8. The summed E-state index contributed by atoms with van der Waals surface area (Å²) in [5.74, 6) is 0. The zero-order valence-electron chi connectivity index (χ0n) is 11.1. The van der Waals surface area contributed by atoms with E-state index in [4.69, 9.17) is 4.74 Å². The van der Waals surface area contributed by atoms with Gasteiger partial charge in [-0.1, -0.05) is 12.1 Å². The normalized spacial score (nSPS) is 17.6. The average Bonchev–Trinajstić information content (AvgIpc) is 2.50. The Morgan fingerprint density at radius 1 is 1.22 bits per heavy atom. The first-order valence-electron chi connectivity index (χ1n) is 5.77. The van der Waals surface area contributed by atoms with E-state index in [1.807, 2.05) is 58.0 Å². The van der Waals surface area contributed by atoms with Gasteiger partial charge in [-0.15, -0.1) is 0 Å². The molecule has 4 heteroatoms. The summed E-state index contributed by atoms with van der Waals surface area (Å²) in [5, 5.41) is 0. The third-order valence-corrected chi connectivity index (χ3v) is 2.60. The molecule has 0 spiro atoms. The van der Waals surface area contributed by atoms with Crippen molar-refractivity contribution in [2.75, 3.05) is 0 Å². The molecule has 1 aromatic rings. The quantitative estimate of drug-likeness (QED) is 0.701. The first-order chi connectivity index (χ1) is 7.88. The number of rotatable bonds is 0. The maximum absolute atomic E-state index is 12.1. The predicted octanol–water partition coefficient (Wildman–Crippen LogP) is -0.483. The number of allylic oxidation sites excluding steroid dienone is 1. The van der Waals surface area contributed by atoms with Crippen molar-refractivity contribution in [3.05, 3.63) is 35.5 Å². The van der Waals surface area contributed by atoms with Crippen molar-refractivity contribution in [1.29, 1.82) is 0 Å². The zero-order valence-corrected chi connectivity index (χ0v) is 12.7. The van der Waals surface area contributed by atoms with Gasteiger partial charge in [-0.3, -0.25) is 0 Å². The lowest BCUT2D eigenvalue weighted by Gasteiger charge is -2.21. The molecule has 0 fully saturated rings. The SMILES string of the molecule is CC1=Cc2ccccc2[NH+]1C(=O)OC(C)(C)C.[Br-]. The first-order valence-corrected chi connectivity index (χ1v) is 5.77. The van der Waals surface area contributed by atoms with Gasteiger partial charge in [0.15, 0.2) is 5.69 Å². The van der Waals surface area contributed by atoms with Crippen LogP contribution < -0.4 is 21.9 Å². The van der Waals surface area contributed by atoms with E-state index < -0.39 is 5.60 Å². The van der Waals surface area contributed by atoms with E-state index in [1.54, 1.807) is 0 Å². The van der Waals surface area contributed by atoms with Crippen LogP contribution in [0.25, 0.3) is 6.08 Å². The van der Waals surface area contributed by atoms with Crippen molar-refractivity contribution < 1.29 is 31.4 Å². The molecule has 1 aliphatic heterocycles. The zero-order chi connectivity index (χ0) is 12.6. The molecule has 18 heavy (non-hydrogen) atoms. The highest BCUT2D eigenvalue weighted by molar-refractivity contribution is 5.73. The van der Waals surface area contributed by atoms with Crippen molar-refractivity contribution in [1.82, 2.24) is 0 Å². The van der Waals surface area contributed by atoms with Crippen LogP contribution in [0.15, 0.2) is 30.0 Å². The highest BCUT2D eigenvalue weighted by atomic mass is 79.9. The van der Waals surface area contributed by atoms with Gasteiger partial charge in [-0.2, -0.15) is 9.69 Å². The summed E-state index contributed by atoms with van der Waals surface area (Å²) in [6.07, 6.45) is 1.78. The second kappa shape index (κ2) is 5.24. The van der Waals surface area contributed by atoms with Crippen LogP contribution in [-0.4, -0.2) is 11.7 Å². The molecule has 0 aromatic heterocycles. The standard InChI is InChI=1S/C14H17NO2.BrH/c1-10-9-11-7-5-6-8-12(11)15(10)13(16)17-14(2,3)4;/h5-9H,1-4H3;1H. The highest BCUT2D eigenvalue weighted by Gasteiger charge is 2.35. The fraction of sp³-hybridized carbons (Fsp3) is 0.357. The number of carbonyl (C=O) groups is 1. The topological polar surface area (TPSA) is 30.7 Å².